The lowest BCUT2D eigenvalue weighted by molar-refractivity contribution is -0.298. The molecule has 1 aromatic rings. The molecule has 1 aromatic carbocycles. The van der Waals surface area contributed by atoms with Crippen molar-refractivity contribution in [2.24, 2.45) is 5.73 Å². The van der Waals surface area contributed by atoms with Crippen LogP contribution < -0.4 is 11.1 Å². The summed E-state index contributed by atoms with van der Waals surface area (Å²) in [5.41, 5.74) is 4.24. The predicted octanol–water partition coefficient (Wildman–Crippen LogP) is -3.29. The van der Waals surface area contributed by atoms with Crippen LogP contribution in [0.15, 0.2) is 24.3 Å². The number of carboxylic acid groups (broad SMARTS) is 1. The number of aliphatic carboxylic acids is 1. The zero-order valence-electron chi connectivity index (χ0n) is 15.1. The van der Waals surface area contributed by atoms with E-state index in [1.54, 1.807) is 12.1 Å². The number of fused-ring (bicyclic) bond motifs is 2. The summed E-state index contributed by atoms with van der Waals surface area (Å²) < 4.78 is 5.04. The Balaban J connectivity index is 1.75. The Morgan fingerprint density at radius 3 is 2.48 bits per heavy atom. The molecule has 2 bridgehead atoms. The minimum atomic E-state index is -2.21. The second-order valence-electron chi connectivity index (χ2n) is 7.25. The summed E-state index contributed by atoms with van der Waals surface area (Å²) >= 11 is 0. The summed E-state index contributed by atoms with van der Waals surface area (Å²) in [6.07, 6.45) is -5.07. The molecule has 0 radical (unpaired) electrons. The number of aliphatic hydroxyl groups is 3. The monoisotopic (exact) mass is 413 g/mol. The Kier molecular flexibility index (Phi) is 5.78. The number of nitrogens with zero attached hydrogens (tertiary/aromatic N) is 1. The van der Waals surface area contributed by atoms with Gasteiger partial charge in [-0.15, -0.1) is 0 Å². The van der Waals surface area contributed by atoms with Gasteiger partial charge in [-0.1, -0.05) is 12.1 Å². The van der Waals surface area contributed by atoms with Crippen LogP contribution in [0.2, 0.25) is 0 Å². The normalized spacial score (nSPS) is 33.8. The van der Waals surface area contributed by atoms with Crippen molar-refractivity contribution in [1.29, 1.82) is 0 Å². The molecule has 12 nitrogen and oxygen atoms in total. The molecule has 9 N–H and O–H groups in total. The maximum atomic E-state index is 12.4. The van der Waals surface area contributed by atoms with Crippen LogP contribution in [-0.4, -0.2) is 96.4 Å². The van der Waals surface area contributed by atoms with Crippen molar-refractivity contribution in [3.63, 3.8) is 0 Å². The van der Waals surface area contributed by atoms with Gasteiger partial charge in [0.15, 0.2) is 6.23 Å². The Bertz CT molecular complexity index is 776. The smallest absolute Gasteiger partial charge is 0.328 e. The topological polar surface area (TPSA) is 206 Å². The number of hydrogen-bond donors (Lipinski definition) is 8. The van der Waals surface area contributed by atoms with Gasteiger partial charge in [0.05, 0.1) is 18.7 Å². The molecule has 12 heteroatoms. The Morgan fingerprint density at radius 1 is 1.28 bits per heavy atom. The summed E-state index contributed by atoms with van der Waals surface area (Å²) in [7, 11) is 0. The number of phenols is 1. The standard InChI is InChI=1S/C17H23N3O9/c18-9(5-7-1-3-8(21)4-2-7)14(24)19-10(16(25)26)11-12(22)17(27)6-29-15(13(17)23)20(11)28/h1-4,9-13,15,21-23,27-28H,5-6,18H2,(H,19,24)(H,25,26)/t9-,10?,11-,12-,13-,15-,17-/m0/s1. The lowest BCUT2D eigenvalue weighted by atomic mass is 9.81. The number of hydroxylamine groups is 2. The lowest BCUT2D eigenvalue weighted by Crippen LogP contribution is -2.74. The van der Waals surface area contributed by atoms with Gasteiger partial charge in [-0.3, -0.25) is 4.79 Å². The molecule has 2 aliphatic rings. The number of benzene rings is 1. The number of carbonyl (C=O) groups excluding carboxylic acids is 1. The average Bonchev–Trinajstić information content (AvgIpc) is 2.93. The first-order valence-corrected chi connectivity index (χ1v) is 8.80. The number of carbonyl (C=O) groups is 2. The highest BCUT2D eigenvalue weighted by Crippen LogP contribution is 2.38. The second-order valence-corrected chi connectivity index (χ2v) is 7.25. The molecule has 2 aliphatic heterocycles. The number of ether oxygens (including phenoxy) is 1. The van der Waals surface area contributed by atoms with E-state index >= 15 is 0 Å². The number of rotatable bonds is 6. The summed E-state index contributed by atoms with van der Waals surface area (Å²) in [6.45, 7) is -0.534. The van der Waals surface area contributed by atoms with Crippen molar-refractivity contribution in [3.8, 4) is 5.75 Å². The summed E-state index contributed by atoms with van der Waals surface area (Å²) in [5.74, 6) is -2.45. The van der Waals surface area contributed by atoms with Crippen LogP contribution in [0.25, 0.3) is 0 Å². The number of nitrogens with one attached hydrogen (secondary N) is 1. The van der Waals surface area contributed by atoms with E-state index in [0.29, 0.717) is 5.56 Å². The minimum absolute atomic E-state index is 0.0307. The average molecular weight is 413 g/mol. The molecule has 1 unspecified atom stereocenters. The zero-order chi connectivity index (χ0) is 21.5. The predicted molar refractivity (Wildman–Crippen MR) is 93.5 cm³/mol. The van der Waals surface area contributed by atoms with Crippen LogP contribution in [0.3, 0.4) is 0 Å². The highest BCUT2D eigenvalue weighted by molar-refractivity contribution is 5.87. The van der Waals surface area contributed by atoms with Crippen molar-refractivity contribution in [2.75, 3.05) is 6.61 Å². The molecule has 0 spiro atoms. The van der Waals surface area contributed by atoms with E-state index in [1.807, 2.05) is 0 Å². The SMILES string of the molecule is N[C@@H](Cc1ccc(O)cc1)C(=O)NC(C(=O)O)[C@H]1[C@H](O)[C@@]2(O)CO[C@@H]([C@@H]2O)N1O. The molecule has 2 heterocycles. The number of aliphatic hydroxyl groups excluding tert-OH is 2. The van der Waals surface area contributed by atoms with Gasteiger partial charge in [0, 0.05) is 0 Å². The van der Waals surface area contributed by atoms with E-state index in [1.165, 1.54) is 12.1 Å². The quantitative estimate of drug-likeness (QED) is 0.232. The molecule has 3 rings (SSSR count). The number of aromatic hydroxyl groups is 1. The maximum absolute atomic E-state index is 12.4. The van der Waals surface area contributed by atoms with E-state index < -0.39 is 60.6 Å². The molecule has 1 amide bonds. The number of hydrogen-bond acceptors (Lipinski definition) is 10. The van der Waals surface area contributed by atoms with Crippen molar-refractivity contribution in [2.45, 2.75) is 48.6 Å². The van der Waals surface area contributed by atoms with Gasteiger partial charge in [0.2, 0.25) is 5.91 Å². The van der Waals surface area contributed by atoms with Crippen LogP contribution in [0.4, 0.5) is 0 Å². The number of amides is 1. The maximum Gasteiger partial charge on any atom is 0.328 e. The molecule has 0 saturated carbocycles. The molecule has 29 heavy (non-hydrogen) atoms. The number of piperidine rings is 1. The molecule has 7 atom stereocenters. The molecule has 2 saturated heterocycles. The van der Waals surface area contributed by atoms with Crippen LogP contribution in [0.5, 0.6) is 5.75 Å². The fourth-order valence-electron chi connectivity index (χ4n) is 3.60. The third kappa shape index (κ3) is 3.79. The molecule has 2 fully saturated rings. The van der Waals surface area contributed by atoms with Crippen LogP contribution in [0, 0.1) is 0 Å². The van der Waals surface area contributed by atoms with Crippen molar-refractivity contribution >= 4 is 11.9 Å². The van der Waals surface area contributed by atoms with Gasteiger partial charge < -0.3 is 46.5 Å². The number of phenolic OH excluding ortho intramolecular Hbond substituents is 1. The van der Waals surface area contributed by atoms with Gasteiger partial charge in [0.1, 0.15) is 29.6 Å². The van der Waals surface area contributed by atoms with E-state index in [-0.39, 0.29) is 17.2 Å². The number of nitrogens with two attached hydrogens (primary N) is 1. The van der Waals surface area contributed by atoms with Crippen molar-refractivity contribution in [1.82, 2.24) is 10.4 Å². The van der Waals surface area contributed by atoms with Crippen LogP contribution in [0.1, 0.15) is 5.56 Å². The van der Waals surface area contributed by atoms with Gasteiger partial charge in [-0.25, -0.2) is 4.79 Å². The zero-order valence-corrected chi connectivity index (χ0v) is 15.1. The Morgan fingerprint density at radius 2 is 1.90 bits per heavy atom. The first-order valence-electron chi connectivity index (χ1n) is 8.80. The van der Waals surface area contributed by atoms with Gasteiger partial charge in [-0.05, 0) is 24.1 Å². The van der Waals surface area contributed by atoms with Gasteiger partial charge in [-0.2, -0.15) is 5.06 Å². The third-order valence-electron chi connectivity index (χ3n) is 5.30. The fourth-order valence-corrected chi connectivity index (χ4v) is 3.60. The van der Waals surface area contributed by atoms with Crippen molar-refractivity contribution < 1.29 is 45.1 Å². The minimum Gasteiger partial charge on any atom is -0.508 e. The Hall–Kier alpha value is -2.32. The van der Waals surface area contributed by atoms with E-state index in [2.05, 4.69) is 5.32 Å². The molecular formula is C17H23N3O9. The molecule has 0 aromatic heterocycles. The number of carboxylic acids is 1. The van der Waals surface area contributed by atoms with E-state index in [0.717, 1.165) is 0 Å². The van der Waals surface area contributed by atoms with Crippen molar-refractivity contribution in [3.05, 3.63) is 29.8 Å². The van der Waals surface area contributed by atoms with Gasteiger partial charge >= 0.3 is 5.97 Å². The first kappa shape index (κ1) is 21.4. The largest absolute Gasteiger partial charge is 0.508 e. The summed E-state index contributed by atoms with van der Waals surface area (Å²) in [6, 6.07) is 1.16. The molecule has 160 valence electrons. The first-order chi connectivity index (χ1) is 13.6. The highest BCUT2D eigenvalue weighted by Gasteiger charge is 2.65. The van der Waals surface area contributed by atoms with E-state index in [4.69, 9.17) is 10.5 Å². The third-order valence-corrected chi connectivity index (χ3v) is 5.30. The van der Waals surface area contributed by atoms with E-state index in [9.17, 15) is 40.3 Å². The summed E-state index contributed by atoms with van der Waals surface area (Å²) in [5, 5.41) is 62.4. The molecular weight excluding hydrogens is 390 g/mol. The second kappa shape index (κ2) is 7.84. The fraction of sp³-hybridized carbons (Fsp3) is 0.529. The van der Waals surface area contributed by atoms with Crippen LogP contribution >= 0.6 is 0 Å². The van der Waals surface area contributed by atoms with Gasteiger partial charge in [0.25, 0.3) is 0 Å². The molecule has 0 aliphatic carbocycles. The summed E-state index contributed by atoms with van der Waals surface area (Å²) in [4.78, 5) is 24.2. The highest BCUT2D eigenvalue weighted by atomic mass is 16.6. The lowest BCUT2D eigenvalue weighted by Gasteiger charge is -2.46. The Labute approximate surface area is 164 Å². The van der Waals surface area contributed by atoms with Crippen LogP contribution in [-0.2, 0) is 20.7 Å².